The normalized spacial score (nSPS) is 21.5. The van der Waals surface area contributed by atoms with Crippen molar-refractivity contribution in [3.63, 3.8) is 0 Å². The molecule has 0 saturated carbocycles. The molecule has 1 heterocycles. The molecule has 2 atom stereocenters. The molecular weight excluding hydrogens is 266 g/mol. The minimum Gasteiger partial charge on any atom is -0.465 e. The maximum Gasteiger partial charge on any atom is 0.323 e. The van der Waals surface area contributed by atoms with Crippen LogP contribution >= 0.6 is 0 Å². The standard InChI is InChI=1S/C16H33N3O2/c1-5-10-17-15(16(20)21-6-2)9-12-19-11-7-8-14(13-19)18(3)4/h14-15,17H,5-13H2,1-4H3. The van der Waals surface area contributed by atoms with Crippen molar-refractivity contribution < 1.29 is 9.53 Å². The van der Waals surface area contributed by atoms with Gasteiger partial charge in [-0.2, -0.15) is 0 Å². The van der Waals surface area contributed by atoms with Crippen LogP contribution in [-0.2, 0) is 9.53 Å². The predicted octanol–water partition coefficient (Wildman–Crippen LogP) is 1.33. The van der Waals surface area contributed by atoms with E-state index in [9.17, 15) is 4.79 Å². The first-order chi connectivity index (χ1) is 10.1. The molecule has 1 aliphatic rings. The average molecular weight is 299 g/mol. The Kier molecular flexibility index (Phi) is 8.88. The quantitative estimate of drug-likeness (QED) is 0.651. The van der Waals surface area contributed by atoms with E-state index in [1.165, 1.54) is 12.8 Å². The van der Waals surface area contributed by atoms with Crippen molar-refractivity contribution in [1.82, 2.24) is 15.1 Å². The molecule has 0 aliphatic carbocycles. The van der Waals surface area contributed by atoms with Crippen molar-refractivity contribution in [3.05, 3.63) is 0 Å². The lowest BCUT2D eigenvalue weighted by Gasteiger charge is -2.36. The van der Waals surface area contributed by atoms with E-state index in [2.05, 4.69) is 36.1 Å². The van der Waals surface area contributed by atoms with Crippen LogP contribution in [0.3, 0.4) is 0 Å². The monoisotopic (exact) mass is 299 g/mol. The Labute approximate surface area is 130 Å². The summed E-state index contributed by atoms with van der Waals surface area (Å²) in [6, 6.07) is 0.480. The summed E-state index contributed by atoms with van der Waals surface area (Å²) in [6.45, 7) is 8.51. The van der Waals surface area contributed by atoms with Gasteiger partial charge in [0.25, 0.3) is 0 Å². The van der Waals surface area contributed by atoms with Crippen molar-refractivity contribution in [2.24, 2.45) is 0 Å². The first-order valence-electron chi connectivity index (χ1n) is 8.37. The molecule has 1 N–H and O–H groups in total. The smallest absolute Gasteiger partial charge is 0.323 e. The van der Waals surface area contributed by atoms with Crippen LogP contribution in [-0.4, -0.2) is 74.7 Å². The van der Waals surface area contributed by atoms with Crippen LogP contribution < -0.4 is 5.32 Å². The van der Waals surface area contributed by atoms with E-state index in [4.69, 9.17) is 4.74 Å². The maximum absolute atomic E-state index is 12.0. The van der Waals surface area contributed by atoms with Crippen molar-refractivity contribution in [3.8, 4) is 0 Å². The van der Waals surface area contributed by atoms with Crippen LogP contribution in [0.15, 0.2) is 0 Å². The van der Waals surface area contributed by atoms with Gasteiger partial charge in [-0.25, -0.2) is 0 Å². The third kappa shape index (κ3) is 6.76. The van der Waals surface area contributed by atoms with Crippen LogP contribution in [0.25, 0.3) is 0 Å². The molecule has 124 valence electrons. The van der Waals surface area contributed by atoms with Crippen LogP contribution in [0.1, 0.15) is 39.5 Å². The van der Waals surface area contributed by atoms with E-state index in [1.54, 1.807) is 0 Å². The molecule has 0 aromatic carbocycles. The highest BCUT2D eigenvalue weighted by atomic mass is 16.5. The second-order valence-electron chi connectivity index (χ2n) is 6.11. The Balaban J connectivity index is 2.41. The molecule has 0 aromatic rings. The molecule has 2 unspecified atom stereocenters. The molecule has 1 saturated heterocycles. The third-order valence-electron chi connectivity index (χ3n) is 4.16. The summed E-state index contributed by atoms with van der Waals surface area (Å²) in [7, 11) is 4.30. The second kappa shape index (κ2) is 10.1. The fraction of sp³-hybridized carbons (Fsp3) is 0.938. The zero-order valence-corrected chi connectivity index (χ0v) is 14.2. The second-order valence-corrected chi connectivity index (χ2v) is 6.11. The first-order valence-corrected chi connectivity index (χ1v) is 8.37. The molecule has 21 heavy (non-hydrogen) atoms. The Bertz CT molecular complexity index is 297. The zero-order chi connectivity index (χ0) is 15.7. The van der Waals surface area contributed by atoms with Gasteiger partial charge in [-0.05, 0) is 59.8 Å². The number of likely N-dealkylation sites (tertiary alicyclic amines) is 1. The topological polar surface area (TPSA) is 44.8 Å². The van der Waals surface area contributed by atoms with E-state index in [-0.39, 0.29) is 12.0 Å². The molecule has 5 heteroatoms. The van der Waals surface area contributed by atoms with Gasteiger partial charge in [0.15, 0.2) is 0 Å². The maximum atomic E-state index is 12.0. The summed E-state index contributed by atoms with van der Waals surface area (Å²) in [5, 5.41) is 3.32. The van der Waals surface area contributed by atoms with E-state index >= 15 is 0 Å². The summed E-state index contributed by atoms with van der Waals surface area (Å²) in [4.78, 5) is 16.8. The SMILES string of the molecule is CCCNC(CCN1CCCC(N(C)C)C1)C(=O)OCC. The number of hydrogen-bond donors (Lipinski definition) is 1. The number of ether oxygens (including phenoxy) is 1. The summed E-state index contributed by atoms with van der Waals surface area (Å²) < 4.78 is 5.17. The fourth-order valence-electron chi connectivity index (χ4n) is 2.83. The van der Waals surface area contributed by atoms with Gasteiger partial charge >= 0.3 is 5.97 Å². The molecular formula is C16H33N3O2. The molecule has 0 aromatic heterocycles. The third-order valence-corrected chi connectivity index (χ3v) is 4.16. The molecule has 0 bridgehead atoms. The Hall–Kier alpha value is -0.650. The minimum absolute atomic E-state index is 0.105. The highest BCUT2D eigenvalue weighted by Crippen LogP contribution is 2.14. The highest BCUT2D eigenvalue weighted by molar-refractivity contribution is 5.75. The van der Waals surface area contributed by atoms with Crippen molar-refractivity contribution in [2.45, 2.75) is 51.6 Å². The molecule has 5 nitrogen and oxygen atoms in total. The number of carbonyl (C=O) groups excluding carboxylic acids is 1. The first kappa shape index (κ1) is 18.4. The van der Waals surface area contributed by atoms with Crippen molar-refractivity contribution >= 4 is 5.97 Å². The number of hydrogen-bond acceptors (Lipinski definition) is 5. The lowest BCUT2D eigenvalue weighted by molar-refractivity contribution is -0.146. The molecule has 1 fully saturated rings. The Morgan fingerprint density at radius 1 is 1.43 bits per heavy atom. The predicted molar refractivity (Wildman–Crippen MR) is 86.5 cm³/mol. The average Bonchev–Trinajstić information content (AvgIpc) is 2.47. The minimum atomic E-state index is -0.162. The number of carbonyl (C=O) groups is 1. The van der Waals surface area contributed by atoms with Crippen LogP contribution in [0.5, 0.6) is 0 Å². The van der Waals surface area contributed by atoms with Crippen LogP contribution in [0.2, 0.25) is 0 Å². The van der Waals surface area contributed by atoms with Crippen LogP contribution in [0.4, 0.5) is 0 Å². The lowest BCUT2D eigenvalue weighted by Crippen LogP contribution is -2.47. The van der Waals surface area contributed by atoms with E-state index < -0.39 is 0 Å². The zero-order valence-electron chi connectivity index (χ0n) is 14.2. The molecule has 1 aliphatic heterocycles. The molecule has 1 rings (SSSR count). The number of nitrogens with zero attached hydrogens (tertiary/aromatic N) is 2. The summed E-state index contributed by atoms with van der Waals surface area (Å²) in [5.41, 5.74) is 0. The van der Waals surface area contributed by atoms with Gasteiger partial charge in [0.2, 0.25) is 0 Å². The van der Waals surface area contributed by atoms with Gasteiger partial charge < -0.3 is 19.9 Å². The van der Waals surface area contributed by atoms with Gasteiger partial charge in [-0.3, -0.25) is 4.79 Å². The number of likely N-dealkylation sites (N-methyl/N-ethyl adjacent to an activating group) is 1. The van der Waals surface area contributed by atoms with Gasteiger partial charge in [-0.15, -0.1) is 0 Å². The molecule has 0 amide bonds. The van der Waals surface area contributed by atoms with E-state index in [0.717, 1.165) is 39.0 Å². The fourth-order valence-corrected chi connectivity index (χ4v) is 2.83. The van der Waals surface area contributed by atoms with Crippen molar-refractivity contribution in [2.75, 3.05) is 46.9 Å². The van der Waals surface area contributed by atoms with Gasteiger partial charge in [0.05, 0.1) is 6.61 Å². The largest absolute Gasteiger partial charge is 0.465 e. The van der Waals surface area contributed by atoms with E-state index in [0.29, 0.717) is 12.6 Å². The van der Waals surface area contributed by atoms with Gasteiger partial charge in [0, 0.05) is 19.1 Å². The number of nitrogens with one attached hydrogen (secondary N) is 1. The number of esters is 1. The summed E-state index contributed by atoms with van der Waals surface area (Å²) in [6.07, 6.45) is 4.38. The summed E-state index contributed by atoms with van der Waals surface area (Å²) >= 11 is 0. The summed E-state index contributed by atoms with van der Waals surface area (Å²) in [5.74, 6) is -0.105. The highest BCUT2D eigenvalue weighted by Gasteiger charge is 2.24. The van der Waals surface area contributed by atoms with Crippen LogP contribution in [0, 0.1) is 0 Å². The van der Waals surface area contributed by atoms with E-state index in [1.807, 2.05) is 6.92 Å². The Morgan fingerprint density at radius 3 is 2.81 bits per heavy atom. The lowest BCUT2D eigenvalue weighted by atomic mass is 10.0. The van der Waals surface area contributed by atoms with Gasteiger partial charge in [-0.1, -0.05) is 6.92 Å². The Morgan fingerprint density at radius 2 is 2.19 bits per heavy atom. The molecule has 0 spiro atoms. The van der Waals surface area contributed by atoms with Crippen molar-refractivity contribution in [1.29, 1.82) is 0 Å². The molecule has 0 radical (unpaired) electrons. The van der Waals surface area contributed by atoms with Gasteiger partial charge in [0.1, 0.15) is 6.04 Å². The number of piperidine rings is 1. The number of rotatable bonds is 9.